The van der Waals surface area contributed by atoms with E-state index < -0.39 is 29.7 Å². The van der Waals surface area contributed by atoms with Crippen molar-refractivity contribution in [3.05, 3.63) is 59.9 Å². The van der Waals surface area contributed by atoms with Gasteiger partial charge in [0.2, 0.25) is 5.91 Å². The minimum atomic E-state index is -1.01. The number of nitrogens with one attached hydrogen (secondary N) is 1. The molecule has 4 rings (SSSR count). The van der Waals surface area contributed by atoms with Gasteiger partial charge in [0.05, 0.1) is 5.69 Å². The highest BCUT2D eigenvalue weighted by atomic mass is 19.1. The summed E-state index contributed by atoms with van der Waals surface area (Å²) in [6.07, 6.45) is 0. The number of rotatable bonds is 5. The number of hydrogen-bond acceptors (Lipinski definition) is 6. The summed E-state index contributed by atoms with van der Waals surface area (Å²) in [6.45, 7) is 3.93. The summed E-state index contributed by atoms with van der Waals surface area (Å²) in [5.74, 6) is -1.57. The van der Waals surface area contributed by atoms with Crippen molar-refractivity contribution in [1.82, 2.24) is 5.01 Å². The van der Waals surface area contributed by atoms with Gasteiger partial charge >= 0.3 is 0 Å². The Hall–Kier alpha value is -3.62. The van der Waals surface area contributed by atoms with Crippen molar-refractivity contribution in [3.8, 4) is 0 Å². The molecular formula is C21H20FN5O3. The first-order valence-electron chi connectivity index (χ1n) is 9.56. The van der Waals surface area contributed by atoms with Gasteiger partial charge in [-0.1, -0.05) is 31.2 Å². The van der Waals surface area contributed by atoms with E-state index >= 15 is 0 Å². The predicted octanol–water partition coefficient (Wildman–Crippen LogP) is 2.88. The number of imide groups is 1. The summed E-state index contributed by atoms with van der Waals surface area (Å²) >= 11 is 0. The Labute approximate surface area is 172 Å². The average molecular weight is 409 g/mol. The number of halogens is 1. The third-order valence-corrected chi connectivity index (χ3v) is 5.11. The van der Waals surface area contributed by atoms with Gasteiger partial charge in [0.15, 0.2) is 12.1 Å². The van der Waals surface area contributed by atoms with E-state index in [9.17, 15) is 18.8 Å². The highest BCUT2D eigenvalue weighted by molar-refractivity contribution is 6.25. The van der Waals surface area contributed by atoms with Crippen LogP contribution in [-0.2, 0) is 14.4 Å². The van der Waals surface area contributed by atoms with Crippen LogP contribution in [0.25, 0.3) is 0 Å². The lowest BCUT2D eigenvalue weighted by Gasteiger charge is -2.20. The number of benzene rings is 2. The molecule has 3 amide bonds. The number of nitrogens with zero attached hydrogens (tertiary/aromatic N) is 4. The molecule has 0 unspecified atom stereocenters. The molecule has 0 saturated carbocycles. The summed E-state index contributed by atoms with van der Waals surface area (Å²) in [7, 11) is 0. The Kier molecular flexibility index (Phi) is 5.03. The van der Waals surface area contributed by atoms with Gasteiger partial charge in [-0.15, -0.1) is 0 Å². The Bertz CT molecular complexity index is 1020. The molecule has 0 spiro atoms. The van der Waals surface area contributed by atoms with Crippen molar-refractivity contribution in [1.29, 1.82) is 0 Å². The van der Waals surface area contributed by atoms with E-state index in [4.69, 9.17) is 0 Å². The van der Waals surface area contributed by atoms with Crippen LogP contribution in [0.4, 0.5) is 15.8 Å². The first-order chi connectivity index (χ1) is 14.3. The maximum Gasteiger partial charge on any atom is 0.263 e. The SMILES string of the molecule is CC(C)c1ccc(NC(=O)CN2N=N[C@@H]3C(=O)N(c4ccc(F)cc4)C(=O)[C@@H]32)cc1. The molecule has 2 aromatic carbocycles. The monoisotopic (exact) mass is 409 g/mol. The molecule has 154 valence electrons. The number of hydrogen-bond donors (Lipinski definition) is 1. The van der Waals surface area contributed by atoms with E-state index in [-0.39, 0.29) is 18.1 Å². The highest BCUT2D eigenvalue weighted by Crippen LogP contribution is 2.31. The van der Waals surface area contributed by atoms with Crippen LogP contribution in [0.1, 0.15) is 25.3 Å². The molecule has 2 atom stereocenters. The number of amides is 3. The van der Waals surface area contributed by atoms with Crippen LogP contribution < -0.4 is 10.2 Å². The summed E-state index contributed by atoms with van der Waals surface area (Å²) in [4.78, 5) is 38.9. The zero-order valence-corrected chi connectivity index (χ0v) is 16.4. The zero-order valence-electron chi connectivity index (χ0n) is 16.4. The summed E-state index contributed by atoms with van der Waals surface area (Å²) < 4.78 is 13.2. The molecule has 0 aromatic heterocycles. The summed E-state index contributed by atoms with van der Waals surface area (Å²) in [6, 6.07) is 10.5. The average Bonchev–Trinajstić information content (AvgIpc) is 3.23. The van der Waals surface area contributed by atoms with Crippen molar-refractivity contribution in [2.24, 2.45) is 10.3 Å². The summed E-state index contributed by atoms with van der Waals surface area (Å²) in [5.41, 5.74) is 2.03. The maximum absolute atomic E-state index is 13.2. The van der Waals surface area contributed by atoms with Gasteiger partial charge in [0.25, 0.3) is 11.8 Å². The molecule has 0 radical (unpaired) electrons. The van der Waals surface area contributed by atoms with Crippen LogP contribution in [0.5, 0.6) is 0 Å². The lowest BCUT2D eigenvalue weighted by molar-refractivity contribution is -0.123. The molecule has 30 heavy (non-hydrogen) atoms. The van der Waals surface area contributed by atoms with Gasteiger partial charge in [-0.3, -0.25) is 19.4 Å². The van der Waals surface area contributed by atoms with Crippen LogP contribution in [0, 0.1) is 5.82 Å². The normalized spacial score (nSPS) is 20.3. The highest BCUT2D eigenvalue weighted by Gasteiger charge is 2.55. The zero-order chi connectivity index (χ0) is 21.4. The van der Waals surface area contributed by atoms with E-state index in [2.05, 4.69) is 29.5 Å². The smallest absolute Gasteiger partial charge is 0.263 e. The molecule has 2 heterocycles. The second-order valence-electron chi connectivity index (χ2n) is 7.51. The van der Waals surface area contributed by atoms with Crippen LogP contribution >= 0.6 is 0 Å². The molecule has 2 aromatic rings. The number of fused-ring (bicyclic) bond motifs is 1. The Morgan fingerprint density at radius 2 is 1.73 bits per heavy atom. The molecule has 8 nitrogen and oxygen atoms in total. The van der Waals surface area contributed by atoms with Crippen molar-refractivity contribution in [2.45, 2.75) is 31.8 Å². The van der Waals surface area contributed by atoms with E-state index in [1.807, 2.05) is 24.3 Å². The maximum atomic E-state index is 13.2. The molecule has 1 N–H and O–H groups in total. The molecule has 2 aliphatic rings. The van der Waals surface area contributed by atoms with Crippen molar-refractivity contribution < 1.29 is 18.8 Å². The van der Waals surface area contributed by atoms with Gasteiger partial charge in [-0.2, -0.15) is 5.11 Å². The molecule has 0 bridgehead atoms. The lowest BCUT2D eigenvalue weighted by atomic mass is 10.0. The molecule has 2 aliphatic heterocycles. The fourth-order valence-corrected chi connectivity index (χ4v) is 3.50. The van der Waals surface area contributed by atoms with Crippen molar-refractivity contribution in [3.63, 3.8) is 0 Å². The molecule has 1 fully saturated rings. The first kappa shape index (κ1) is 19.7. The van der Waals surface area contributed by atoms with Crippen LogP contribution in [0.2, 0.25) is 0 Å². The second kappa shape index (κ2) is 7.66. The predicted molar refractivity (Wildman–Crippen MR) is 107 cm³/mol. The fraction of sp³-hybridized carbons (Fsp3) is 0.286. The van der Waals surface area contributed by atoms with E-state index in [1.165, 1.54) is 29.3 Å². The van der Waals surface area contributed by atoms with E-state index in [0.29, 0.717) is 11.6 Å². The van der Waals surface area contributed by atoms with Gasteiger partial charge in [-0.25, -0.2) is 9.29 Å². The van der Waals surface area contributed by atoms with Crippen LogP contribution in [-0.4, -0.2) is 41.4 Å². The molecule has 0 aliphatic carbocycles. The standard InChI is InChI=1S/C21H20FN5O3/c1-12(2)13-3-7-15(8-4-13)23-17(28)11-26-19-18(24-25-26)20(29)27(21(19)30)16-9-5-14(22)6-10-16/h3-10,12,18-19H,11H2,1-2H3,(H,23,28)/t18-,19+/m0/s1. The Balaban J connectivity index is 1.44. The molecule has 1 saturated heterocycles. The Morgan fingerprint density at radius 1 is 1.07 bits per heavy atom. The largest absolute Gasteiger partial charge is 0.324 e. The minimum absolute atomic E-state index is 0.229. The lowest BCUT2D eigenvalue weighted by Crippen LogP contribution is -2.43. The van der Waals surface area contributed by atoms with E-state index in [1.54, 1.807) is 0 Å². The molecule has 9 heteroatoms. The molecular weight excluding hydrogens is 389 g/mol. The van der Waals surface area contributed by atoms with Gasteiger partial charge in [0.1, 0.15) is 12.4 Å². The van der Waals surface area contributed by atoms with Gasteiger partial charge < -0.3 is 5.32 Å². The quantitative estimate of drug-likeness (QED) is 0.769. The number of anilines is 2. The van der Waals surface area contributed by atoms with Gasteiger partial charge in [0, 0.05) is 5.69 Å². The summed E-state index contributed by atoms with van der Waals surface area (Å²) in [5, 5.41) is 11.7. The third-order valence-electron chi connectivity index (χ3n) is 5.11. The van der Waals surface area contributed by atoms with Gasteiger partial charge in [-0.05, 0) is 47.9 Å². The van der Waals surface area contributed by atoms with Crippen molar-refractivity contribution in [2.75, 3.05) is 16.8 Å². The van der Waals surface area contributed by atoms with Crippen LogP contribution in [0.3, 0.4) is 0 Å². The second-order valence-corrected chi connectivity index (χ2v) is 7.51. The van der Waals surface area contributed by atoms with E-state index in [0.717, 1.165) is 10.5 Å². The third kappa shape index (κ3) is 3.54. The van der Waals surface area contributed by atoms with Crippen molar-refractivity contribution >= 4 is 29.1 Å². The topological polar surface area (TPSA) is 94.4 Å². The first-order valence-corrected chi connectivity index (χ1v) is 9.56. The number of carbonyl (C=O) groups excluding carboxylic acids is 3. The van der Waals surface area contributed by atoms with Crippen LogP contribution in [0.15, 0.2) is 58.9 Å². The minimum Gasteiger partial charge on any atom is -0.324 e. The Morgan fingerprint density at radius 3 is 2.37 bits per heavy atom. The fourth-order valence-electron chi connectivity index (χ4n) is 3.50. The number of carbonyl (C=O) groups is 3.